The van der Waals surface area contributed by atoms with E-state index in [1.165, 1.54) is 11.9 Å². The minimum atomic E-state index is -1.00. The van der Waals surface area contributed by atoms with Crippen LogP contribution in [-0.2, 0) is 25.7 Å². The molecule has 1 N–H and O–H groups in total. The SMILES string of the molecule is CNC(=O)[C@@H]1CCCN(C(=O)OC(C)(C)C)[C@@H]1C(=O)OCc1ccccc1. The van der Waals surface area contributed by atoms with Crippen molar-refractivity contribution in [3.05, 3.63) is 35.9 Å². The number of hydrogen-bond donors (Lipinski definition) is 1. The third-order valence-corrected chi connectivity index (χ3v) is 4.31. The molecule has 0 spiro atoms. The largest absolute Gasteiger partial charge is 0.459 e. The summed E-state index contributed by atoms with van der Waals surface area (Å²) in [5, 5.41) is 2.58. The van der Waals surface area contributed by atoms with Crippen LogP contribution >= 0.6 is 0 Å². The molecule has 148 valence electrons. The summed E-state index contributed by atoms with van der Waals surface area (Å²) in [5.74, 6) is -1.55. The highest BCUT2D eigenvalue weighted by atomic mass is 16.6. The Balaban J connectivity index is 2.19. The van der Waals surface area contributed by atoms with Gasteiger partial charge >= 0.3 is 12.1 Å². The van der Waals surface area contributed by atoms with Gasteiger partial charge in [0.1, 0.15) is 18.2 Å². The lowest BCUT2D eigenvalue weighted by Crippen LogP contribution is -2.57. The highest BCUT2D eigenvalue weighted by Crippen LogP contribution is 2.27. The zero-order chi connectivity index (χ0) is 20.0. The number of piperidine rings is 1. The van der Waals surface area contributed by atoms with Crippen LogP contribution in [0.3, 0.4) is 0 Å². The predicted molar refractivity (Wildman–Crippen MR) is 99.8 cm³/mol. The van der Waals surface area contributed by atoms with Crippen LogP contribution in [0.1, 0.15) is 39.2 Å². The molecule has 1 aromatic carbocycles. The van der Waals surface area contributed by atoms with Gasteiger partial charge in [-0.05, 0) is 39.2 Å². The van der Waals surface area contributed by atoms with E-state index < -0.39 is 29.6 Å². The third-order valence-electron chi connectivity index (χ3n) is 4.31. The standard InChI is InChI=1S/C20H28N2O5/c1-20(2,3)27-19(25)22-12-8-11-15(17(23)21-4)16(22)18(24)26-13-14-9-6-5-7-10-14/h5-7,9-10,15-16H,8,11-13H2,1-4H3,(H,21,23)/t15-,16+/m1/s1. The number of amides is 2. The number of rotatable bonds is 4. The normalized spacial score (nSPS) is 19.9. The predicted octanol–water partition coefficient (Wildman–Crippen LogP) is 2.49. The fourth-order valence-electron chi connectivity index (χ4n) is 3.09. The van der Waals surface area contributed by atoms with E-state index in [9.17, 15) is 14.4 Å². The van der Waals surface area contributed by atoms with Crippen molar-refractivity contribution in [3.63, 3.8) is 0 Å². The Kier molecular flexibility index (Phi) is 6.82. The van der Waals surface area contributed by atoms with Gasteiger partial charge in [0, 0.05) is 13.6 Å². The maximum Gasteiger partial charge on any atom is 0.411 e. The number of nitrogens with one attached hydrogen (secondary N) is 1. The van der Waals surface area contributed by atoms with Crippen molar-refractivity contribution < 1.29 is 23.9 Å². The summed E-state index contributed by atoms with van der Waals surface area (Å²) in [7, 11) is 1.51. The van der Waals surface area contributed by atoms with Crippen molar-refractivity contribution >= 4 is 18.0 Å². The highest BCUT2D eigenvalue weighted by Gasteiger charge is 2.45. The second-order valence-electron chi connectivity index (χ2n) is 7.57. The molecule has 2 rings (SSSR count). The van der Waals surface area contributed by atoms with E-state index in [0.29, 0.717) is 19.4 Å². The molecular weight excluding hydrogens is 348 g/mol. The van der Waals surface area contributed by atoms with Gasteiger partial charge in [0.2, 0.25) is 5.91 Å². The van der Waals surface area contributed by atoms with E-state index in [2.05, 4.69) is 5.32 Å². The van der Waals surface area contributed by atoms with Gasteiger partial charge in [-0.2, -0.15) is 0 Å². The molecule has 1 aliphatic heterocycles. The first-order chi connectivity index (χ1) is 12.7. The third kappa shape index (κ3) is 5.70. The molecule has 7 heteroatoms. The van der Waals surface area contributed by atoms with Gasteiger partial charge in [0.05, 0.1) is 5.92 Å². The number of likely N-dealkylation sites (tertiary alicyclic amines) is 1. The molecule has 0 aliphatic carbocycles. The molecule has 0 unspecified atom stereocenters. The van der Waals surface area contributed by atoms with Crippen LogP contribution in [0, 0.1) is 5.92 Å². The van der Waals surface area contributed by atoms with Crippen molar-refractivity contribution in [3.8, 4) is 0 Å². The summed E-state index contributed by atoms with van der Waals surface area (Å²) in [6.07, 6.45) is 0.502. The number of benzene rings is 1. The minimum absolute atomic E-state index is 0.0821. The Morgan fingerprint density at radius 2 is 1.85 bits per heavy atom. The number of nitrogens with zero attached hydrogens (tertiary/aromatic N) is 1. The molecule has 0 aromatic heterocycles. The minimum Gasteiger partial charge on any atom is -0.459 e. The van der Waals surface area contributed by atoms with Crippen molar-refractivity contribution in [2.24, 2.45) is 5.92 Å². The molecule has 1 fully saturated rings. The van der Waals surface area contributed by atoms with Gasteiger partial charge in [-0.3, -0.25) is 9.69 Å². The fraction of sp³-hybridized carbons (Fsp3) is 0.550. The topological polar surface area (TPSA) is 84.9 Å². The lowest BCUT2D eigenvalue weighted by molar-refractivity contribution is -0.157. The molecule has 27 heavy (non-hydrogen) atoms. The monoisotopic (exact) mass is 376 g/mol. The summed E-state index contributed by atoms with van der Waals surface area (Å²) in [4.78, 5) is 39.1. The van der Waals surface area contributed by atoms with E-state index >= 15 is 0 Å². The molecule has 1 aliphatic rings. The van der Waals surface area contributed by atoms with E-state index in [1.54, 1.807) is 20.8 Å². The average molecular weight is 376 g/mol. The molecule has 0 radical (unpaired) electrons. The number of ether oxygens (including phenoxy) is 2. The van der Waals surface area contributed by atoms with Crippen molar-refractivity contribution in [1.29, 1.82) is 0 Å². The molecule has 1 saturated heterocycles. The van der Waals surface area contributed by atoms with Crippen LogP contribution in [0.4, 0.5) is 4.79 Å². The van der Waals surface area contributed by atoms with Crippen LogP contribution in [0.15, 0.2) is 30.3 Å². The zero-order valence-electron chi connectivity index (χ0n) is 16.4. The van der Waals surface area contributed by atoms with Crippen molar-refractivity contribution in [1.82, 2.24) is 10.2 Å². The summed E-state index contributed by atoms with van der Waals surface area (Å²) >= 11 is 0. The van der Waals surface area contributed by atoms with Gasteiger partial charge in [0.15, 0.2) is 0 Å². The number of hydrogen-bond acceptors (Lipinski definition) is 5. The number of esters is 1. The Morgan fingerprint density at radius 1 is 1.19 bits per heavy atom. The van der Waals surface area contributed by atoms with Crippen molar-refractivity contribution in [2.45, 2.75) is 51.9 Å². The van der Waals surface area contributed by atoms with Gasteiger partial charge in [-0.15, -0.1) is 0 Å². The molecule has 0 bridgehead atoms. The van der Waals surface area contributed by atoms with E-state index in [0.717, 1.165) is 5.56 Å². The van der Waals surface area contributed by atoms with Gasteiger partial charge in [-0.1, -0.05) is 30.3 Å². The van der Waals surface area contributed by atoms with E-state index in [1.807, 2.05) is 30.3 Å². The quantitative estimate of drug-likeness (QED) is 0.816. The lowest BCUT2D eigenvalue weighted by Gasteiger charge is -2.39. The molecule has 2 atom stereocenters. The first kappa shape index (κ1) is 20.7. The molecule has 2 amide bonds. The maximum absolute atomic E-state index is 12.8. The van der Waals surface area contributed by atoms with Crippen LogP contribution in [-0.4, -0.2) is 48.1 Å². The van der Waals surface area contributed by atoms with Crippen LogP contribution in [0.25, 0.3) is 0 Å². The van der Waals surface area contributed by atoms with Crippen LogP contribution in [0.5, 0.6) is 0 Å². The van der Waals surface area contributed by atoms with Gasteiger partial charge < -0.3 is 14.8 Å². The fourth-order valence-corrected chi connectivity index (χ4v) is 3.09. The summed E-state index contributed by atoms with van der Waals surface area (Å²) in [5.41, 5.74) is 0.136. The zero-order valence-corrected chi connectivity index (χ0v) is 16.4. The molecular formula is C20H28N2O5. The molecule has 1 aromatic rings. The van der Waals surface area contributed by atoms with E-state index in [-0.39, 0.29) is 12.5 Å². The Bertz CT molecular complexity index is 669. The maximum atomic E-state index is 12.8. The summed E-state index contributed by atoms with van der Waals surface area (Å²) in [6, 6.07) is 8.26. The summed E-state index contributed by atoms with van der Waals surface area (Å²) in [6.45, 7) is 5.70. The van der Waals surface area contributed by atoms with Crippen molar-refractivity contribution in [2.75, 3.05) is 13.6 Å². The first-order valence-electron chi connectivity index (χ1n) is 9.14. The number of carbonyl (C=O) groups is 3. The number of carbonyl (C=O) groups excluding carboxylic acids is 3. The Labute approximate surface area is 160 Å². The second-order valence-corrected chi connectivity index (χ2v) is 7.57. The summed E-state index contributed by atoms with van der Waals surface area (Å²) < 4.78 is 10.9. The molecule has 0 saturated carbocycles. The molecule has 1 heterocycles. The van der Waals surface area contributed by atoms with E-state index in [4.69, 9.17) is 9.47 Å². The Morgan fingerprint density at radius 3 is 2.44 bits per heavy atom. The van der Waals surface area contributed by atoms with Gasteiger partial charge in [0.25, 0.3) is 0 Å². The first-order valence-corrected chi connectivity index (χ1v) is 9.14. The highest BCUT2D eigenvalue weighted by molar-refractivity contribution is 5.90. The average Bonchev–Trinajstić information content (AvgIpc) is 2.64. The van der Waals surface area contributed by atoms with Gasteiger partial charge in [-0.25, -0.2) is 9.59 Å². The van der Waals surface area contributed by atoms with Crippen LogP contribution < -0.4 is 5.32 Å². The second kappa shape index (κ2) is 8.88. The van der Waals surface area contributed by atoms with Crippen LogP contribution in [0.2, 0.25) is 0 Å². The lowest BCUT2D eigenvalue weighted by atomic mass is 9.88. The smallest absolute Gasteiger partial charge is 0.411 e. The Hall–Kier alpha value is -2.57. The molecule has 7 nitrogen and oxygen atoms in total.